The molecule has 0 amide bonds. The van der Waals surface area contributed by atoms with E-state index in [9.17, 15) is 5.11 Å². The van der Waals surface area contributed by atoms with Crippen LogP contribution in [0.25, 0.3) is 16.7 Å². The molecule has 0 aliphatic heterocycles. The van der Waals surface area contributed by atoms with Crippen LogP contribution in [0.2, 0.25) is 0 Å². The van der Waals surface area contributed by atoms with Crippen LogP contribution in [0.1, 0.15) is 0 Å². The average molecular weight is 210 g/mol. The van der Waals surface area contributed by atoms with Gasteiger partial charge in [0.1, 0.15) is 11.4 Å². The highest BCUT2D eigenvalue weighted by atomic mass is 16.3. The van der Waals surface area contributed by atoms with Crippen LogP contribution in [-0.2, 0) is 0 Å². The quantitative estimate of drug-likeness (QED) is 0.670. The first-order chi connectivity index (χ1) is 7.84. The SMILES string of the molecule is Oc1cnc2c(ccn2-c2ccccc2)c1. The molecular formula is C13H10N2O. The van der Waals surface area contributed by atoms with Crippen LogP contribution in [0.3, 0.4) is 0 Å². The normalized spacial score (nSPS) is 10.8. The fourth-order valence-electron chi connectivity index (χ4n) is 1.81. The van der Waals surface area contributed by atoms with Gasteiger partial charge < -0.3 is 9.67 Å². The van der Waals surface area contributed by atoms with E-state index >= 15 is 0 Å². The first kappa shape index (κ1) is 8.97. The van der Waals surface area contributed by atoms with Crippen molar-refractivity contribution in [2.45, 2.75) is 0 Å². The molecule has 0 atom stereocenters. The molecule has 3 rings (SSSR count). The largest absolute Gasteiger partial charge is 0.506 e. The molecule has 3 heteroatoms. The van der Waals surface area contributed by atoms with Crippen molar-refractivity contribution < 1.29 is 5.11 Å². The first-order valence-electron chi connectivity index (χ1n) is 5.06. The lowest BCUT2D eigenvalue weighted by Crippen LogP contribution is -1.92. The van der Waals surface area contributed by atoms with Gasteiger partial charge in [-0.1, -0.05) is 18.2 Å². The standard InChI is InChI=1S/C13H10N2O/c16-12-8-10-6-7-15(13(10)14-9-12)11-4-2-1-3-5-11/h1-9,16H. The van der Waals surface area contributed by atoms with Crippen molar-refractivity contribution in [2.24, 2.45) is 0 Å². The summed E-state index contributed by atoms with van der Waals surface area (Å²) in [6, 6.07) is 13.6. The van der Waals surface area contributed by atoms with E-state index in [1.165, 1.54) is 6.20 Å². The lowest BCUT2D eigenvalue weighted by molar-refractivity contribution is 0.474. The van der Waals surface area contributed by atoms with Crippen LogP contribution >= 0.6 is 0 Å². The van der Waals surface area contributed by atoms with Crippen LogP contribution < -0.4 is 0 Å². The van der Waals surface area contributed by atoms with Gasteiger partial charge in [-0.15, -0.1) is 0 Å². The van der Waals surface area contributed by atoms with Gasteiger partial charge in [0.15, 0.2) is 0 Å². The van der Waals surface area contributed by atoms with Gasteiger partial charge in [0.25, 0.3) is 0 Å². The number of aromatic hydroxyl groups is 1. The highest BCUT2D eigenvalue weighted by molar-refractivity contribution is 5.79. The van der Waals surface area contributed by atoms with Crippen LogP contribution in [0, 0.1) is 0 Å². The Kier molecular flexibility index (Phi) is 1.90. The molecule has 0 saturated heterocycles. The Balaban J connectivity index is 2.26. The first-order valence-corrected chi connectivity index (χ1v) is 5.06. The van der Waals surface area contributed by atoms with Crippen molar-refractivity contribution in [3.8, 4) is 11.4 Å². The average Bonchev–Trinajstić information content (AvgIpc) is 2.73. The van der Waals surface area contributed by atoms with E-state index in [1.807, 2.05) is 47.2 Å². The Labute approximate surface area is 92.6 Å². The maximum absolute atomic E-state index is 9.34. The second-order valence-electron chi connectivity index (χ2n) is 3.63. The lowest BCUT2D eigenvalue weighted by Gasteiger charge is -2.03. The number of fused-ring (bicyclic) bond motifs is 1. The van der Waals surface area contributed by atoms with E-state index in [0.717, 1.165) is 16.7 Å². The summed E-state index contributed by atoms with van der Waals surface area (Å²) in [7, 11) is 0. The van der Waals surface area contributed by atoms with Gasteiger partial charge in [0, 0.05) is 17.3 Å². The molecule has 0 aliphatic rings. The van der Waals surface area contributed by atoms with Crippen LogP contribution in [0.4, 0.5) is 0 Å². The van der Waals surface area contributed by atoms with Gasteiger partial charge >= 0.3 is 0 Å². The second-order valence-corrected chi connectivity index (χ2v) is 3.63. The van der Waals surface area contributed by atoms with E-state index in [0.29, 0.717) is 0 Å². The number of rotatable bonds is 1. The molecule has 0 spiro atoms. The number of para-hydroxylation sites is 1. The predicted octanol–water partition coefficient (Wildman–Crippen LogP) is 2.73. The smallest absolute Gasteiger partial charge is 0.144 e. The number of pyridine rings is 1. The predicted molar refractivity (Wildman–Crippen MR) is 62.7 cm³/mol. The van der Waals surface area contributed by atoms with Crippen LogP contribution in [0.15, 0.2) is 54.9 Å². The molecule has 78 valence electrons. The zero-order valence-corrected chi connectivity index (χ0v) is 8.54. The number of hydrogen-bond donors (Lipinski definition) is 1. The summed E-state index contributed by atoms with van der Waals surface area (Å²) in [5.41, 5.74) is 1.92. The third-order valence-corrected chi connectivity index (χ3v) is 2.55. The number of benzene rings is 1. The van der Waals surface area contributed by atoms with Crippen molar-refractivity contribution in [2.75, 3.05) is 0 Å². The molecule has 1 aromatic carbocycles. The molecule has 0 aliphatic carbocycles. The highest BCUT2D eigenvalue weighted by Crippen LogP contribution is 2.21. The summed E-state index contributed by atoms with van der Waals surface area (Å²) in [5, 5.41) is 10.3. The molecule has 2 heterocycles. The van der Waals surface area contributed by atoms with E-state index in [1.54, 1.807) is 6.07 Å². The Morgan fingerprint density at radius 1 is 1.06 bits per heavy atom. The summed E-state index contributed by atoms with van der Waals surface area (Å²) in [6.07, 6.45) is 3.41. The summed E-state index contributed by atoms with van der Waals surface area (Å²) >= 11 is 0. The molecule has 0 radical (unpaired) electrons. The lowest BCUT2D eigenvalue weighted by atomic mass is 10.3. The number of hydrogen-bond acceptors (Lipinski definition) is 2. The Morgan fingerprint density at radius 3 is 2.69 bits per heavy atom. The Bertz CT molecular complexity index is 629. The van der Waals surface area contributed by atoms with Crippen LogP contribution in [0.5, 0.6) is 5.75 Å². The van der Waals surface area contributed by atoms with Gasteiger partial charge in [0.05, 0.1) is 6.20 Å². The van der Waals surface area contributed by atoms with E-state index in [4.69, 9.17) is 0 Å². The second kappa shape index (κ2) is 3.38. The van der Waals surface area contributed by atoms with Crippen molar-refractivity contribution in [1.82, 2.24) is 9.55 Å². The zero-order valence-electron chi connectivity index (χ0n) is 8.54. The summed E-state index contributed by atoms with van der Waals surface area (Å²) < 4.78 is 1.99. The zero-order chi connectivity index (χ0) is 11.0. The monoisotopic (exact) mass is 210 g/mol. The fourth-order valence-corrected chi connectivity index (χ4v) is 1.81. The van der Waals surface area contributed by atoms with Crippen molar-refractivity contribution in [1.29, 1.82) is 0 Å². The van der Waals surface area contributed by atoms with E-state index < -0.39 is 0 Å². The van der Waals surface area contributed by atoms with Gasteiger partial charge in [-0.25, -0.2) is 4.98 Å². The minimum Gasteiger partial charge on any atom is -0.506 e. The molecule has 0 saturated carbocycles. The maximum atomic E-state index is 9.34. The topological polar surface area (TPSA) is 38.1 Å². The van der Waals surface area contributed by atoms with E-state index in [2.05, 4.69) is 4.98 Å². The molecule has 2 aromatic heterocycles. The number of nitrogens with zero attached hydrogens (tertiary/aromatic N) is 2. The molecule has 0 unspecified atom stereocenters. The molecular weight excluding hydrogens is 200 g/mol. The minimum absolute atomic E-state index is 0.193. The Hall–Kier alpha value is -2.29. The fraction of sp³-hybridized carbons (Fsp3) is 0. The third-order valence-electron chi connectivity index (χ3n) is 2.55. The minimum atomic E-state index is 0.193. The van der Waals surface area contributed by atoms with Crippen molar-refractivity contribution in [3.63, 3.8) is 0 Å². The van der Waals surface area contributed by atoms with E-state index in [-0.39, 0.29) is 5.75 Å². The van der Waals surface area contributed by atoms with Gasteiger partial charge in [-0.3, -0.25) is 0 Å². The molecule has 16 heavy (non-hydrogen) atoms. The maximum Gasteiger partial charge on any atom is 0.144 e. The van der Waals surface area contributed by atoms with Crippen molar-refractivity contribution in [3.05, 3.63) is 54.9 Å². The molecule has 3 nitrogen and oxygen atoms in total. The highest BCUT2D eigenvalue weighted by Gasteiger charge is 2.04. The molecule has 3 aromatic rings. The van der Waals surface area contributed by atoms with Crippen LogP contribution in [-0.4, -0.2) is 14.7 Å². The van der Waals surface area contributed by atoms with Gasteiger partial charge in [-0.05, 0) is 24.3 Å². The van der Waals surface area contributed by atoms with Gasteiger partial charge in [0.2, 0.25) is 0 Å². The third kappa shape index (κ3) is 1.34. The molecule has 0 fully saturated rings. The number of aromatic nitrogens is 2. The van der Waals surface area contributed by atoms with Crippen molar-refractivity contribution >= 4 is 11.0 Å². The molecule has 0 bridgehead atoms. The molecule has 1 N–H and O–H groups in total. The summed E-state index contributed by atoms with van der Waals surface area (Å²) in [6.45, 7) is 0. The summed E-state index contributed by atoms with van der Waals surface area (Å²) in [5.74, 6) is 0.193. The van der Waals surface area contributed by atoms with Gasteiger partial charge in [-0.2, -0.15) is 0 Å². The Morgan fingerprint density at radius 2 is 1.88 bits per heavy atom. The summed E-state index contributed by atoms with van der Waals surface area (Å²) in [4.78, 5) is 4.23.